The van der Waals surface area contributed by atoms with Crippen LogP contribution < -0.4 is 0 Å². The number of nitrogens with zero attached hydrogens (tertiary/aromatic N) is 3. The lowest BCUT2D eigenvalue weighted by Crippen LogP contribution is -2.61. The molecule has 0 aromatic carbocycles. The van der Waals surface area contributed by atoms with Crippen LogP contribution in [0.3, 0.4) is 0 Å². The molecule has 0 aromatic heterocycles. The average Bonchev–Trinajstić information content (AvgIpc) is 2.68. The molecule has 2 heterocycles. The van der Waals surface area contributed by atoms with E-state index >= 15 is 0 Å². The zero-order chi connectivity index (χ0) is 16.8. The zero-order valence-corrected chi connectivity index (χ0v) is 15.0. The van der Waals surface area contributed by atoms with Gasteiger partial charge in [0.05, 0.1) is 17.4 Å². The molecule has 1 saturated heterocycles. The molecule has 5 atom stereocenters. The molecule has 22 heavy (non-hydrogen) atoms. The number of amides is 1. The second-order valence-electron chi connectivity index (χ2n) is 7.07. The van der Waals surface area contributed by atoms with Crippen molar-refractivity contribution in [1.29, 1.82) is 0 Å². The van der Waals surface area contributed by atoms with Crippen LogP contribution in [0.1, 0.15) is 34.1 Å². The van der Waals surface area contributed by atoms with Gasteiger partial charge in [-0.2, -0.15) is 0 Å². The van der Waals surface area contributed by atoms with Gasteiger partial charge in [-0.05, 0) is 27.2 Å². The third kappa shape index (κ3) is 2.75. The Hall–Kier alpha value is -0.760. The van der Waals surface area contributed by atoms with E-state index < -0.39 is 28.7 Å². The summed E-state index contributed by atoms with van der Waals surface area (Å²) in [6, 6.07) is -0.798. The molecule has 6 nitrogen and oxygen atoms in total. The van der Waals surface area contributed by atoms with E-state index in [1.807, 2.05) is 64.0 Å². The molecular formula is C15H27N3O3S. The zero-order valence-electron chi connectivity index (χ0n) is 14.2. The van der Waals surface area contributed by atoms with Crippen molar-refractivity contribution in [3.05, 3.63) is 12.2 Å². The van der Waals surface area contributed by atoms with Crippen LogP contribution >= 0.6 is 0 Å². The molecule has 1 N–H and O–H groups in total. The summed E-state index contributed by atoms with van der Waals surface area (Å²) in [7, 11) is 2.30. The third-order valence-corrected chi connectivity index (χ3v) is 6.12. The van der Waals surface area contributed by atoms with Gasteiger partial charge in [-0.1, -0.05) is 19.1 Å². The Morgan fingerprint density at radius 3 is 2.41 bits per heavy atom. The molecule has 7 heteroatoms. The molecule has 2 aliphatic rings. The predicted molar refractivity (Wildman–Crippen MR) is 87.1 cm³/mol. The van der Waals surface area contributed by atoms with Gasteiger partial charge in [0.15, 0.2) is 0 Å². The van der Waals surface area contributed by atoms with Crippen molar-refractivity contribution in [1.82, 2.24) is 14.3 Å². The quantitative estimate of drug-likeness (QED) is 0.765. The minimum absolute atomic E-state index is 0.137. The van der Waals surface area contributed by atoms with Gasteiger partial charge in [0.1, 0.15) is 17.0 Å². The van der Waals surface area contributed by atoms with Gasteiger partial charge in [0.2, 0.25) is 0 Å². The van der Waals surface area contributed by atoms with Crippen LogP contribution in [-0.4, -0.2) is 72.6 Å². The molecule has 2 rings (SSSR count). The van der Waals surface area contributed by atoms with E-state index in [2.05, 4.69) is 0 Å². The number of hydrogen-bond acceptors (Lipinski definition) is 5. The van der Waals surface area contributed by atoms with Crippen molar-refractivity contribution in [2.24, 2.45) is 0 Å². The second-order valence-corrected chi connectivity index (χ2v) is 8.53. The topological polar surface area (TPSA) is 64.1 Å². The average molecular weight is 329 g/mol. The van der Waals surface area contributed by atoms with Gasteiger partial charge in [-0.3, -0.25) is 9.10 Å². The lowest BCUT2D eigenvalue weighted by Gasteiger charge is -2.43. The highest BCUT2D eigenvalue weighted by Gasteiger charge is 2.55. The third-order valence-electron chi connectivity index (χ3n) is 4.15. The number of rotatable bonds is 3. The lowest BCUT2D eigenvalue weighted by molar-refractivity contribution is -0.146. The molecule has 126 valence electrons. The maximum atomic E-state index is 12.9. The molecule has 0 spiro atoms. The standard InChI is InChI=1S/C15H27N3O3S/c1-7-11(19)10-8-9-12-13(17(10)16(5)6)14(20)18(22(12)21)15(2,3)4/h8-13,19H,7H2,1-6H3/t10-,11-,12-,13+,22?/m0/s1. The fourth-order valence-corrected chi connectivity index (χ4v) is 4.93. The van der Waals surface area contributed by atoms with Crippen molar-refractivity contribution in [2.75, 3.05) is 14.1 Å². The first kappa shape index (κ1) is 17.6. The molecular weight excluding hydrogens is 302 g/mol. The van der Waals surface area contributed by atoms with Gasteiger partial charge in [-0.25, -0.2) is 14.2 Å². The molecule has 0 saturated carbocycles. The van der Waals surface area contributed by atoms with Crippen LogP contribution in [0.2, 0.25) is 0 Å². The highest BCUT2D eigenvalue weighted by Crippen LogP contribution is 2.36. The van der Waals surface area contributed by atoms with Gasteiger partial charge in [-0.15, -0.1) is 0 Å². The van der Waals surface area contributed by atoms with Gasteiger partial charge in [0.25, 0.3) is 5.91 Å². The Kier molecular flexibility index (Phi) is 4.82. The lowest BCUT2D eigenvalue weighted by atomic mass is 9.97. The molecule has 0 aromatic rings. The molecule has 0 bridgehead atoms. The van der Waals surface area contributed by atoms with E-state index in [0.717, 1.165) is 0 Å². The summed E-state index contributed by atoms with van der Waals surface area (Å²) in [5, 5.41) is 13.6. The Bertz CT molecular complexity index is 501. The molecule has 1 unspecified atom stereocenters. The van der Waals surface area contributed by atoms with Gasteiger partial charge in [0, 0.05) is 19.6 Å². The van der Waals surface area contributed by atoms with Crippen LogP contribution in [0.15, 0.2) is 12.2 Å². The minimum atomic E-state index is -1.40. The van der Waals surface area contributed by atoms with Crippen molar-refractivity contribution < 1.29 is 14.1 Å². The molecule has 0 aliphatic carbocycles. The first-order valence-corrected chi connectivity index (χ1v) is 8.85. The molecule has 1 amide bonds. The number of aliphatic hydroxyl groups excluding tert-OH is 1. The fraction of sp³-hybridized carbons (Fsp3) is 0.800. The molecule has 0 radical (unpaired) electrons. The van der Waals surface area contributed by atoms with E-state index in [4.69, 9.17) is 0 Å². The number of hydrazine groups is 1. The monoisotopic (exact) mass is 329 g/mol. The summed E-state index contributed by atoms with van der Waals surface area (Å²) in [5.41, 5.74) is -0.496. The molecule has 2 aliphatic heterocycles. The highest BCUT2D eigenvalue weighted by atomic mass is 32.2. The summed E-state index contributed by atoms with van der Waals surface area (Å²) < 4.78 is 14.2. The summed E-state index contributed by atoms with van der Waals surface area (Å²) in [6.07, 6.45) is 3.75. The summed E-state index contributed by atoms with van der Waals surface area (Å²) in [5.74, 6) is -0.137. The highest BCUT2D eigenvalue weighted by molar-refractivity contribution is 7.84. The van der Waals surface area contributed by atoms with Crippen LogP contribution in [0.25, 0.3) is 0 Å². The SMILES string of the molecule is CC[C@H](O)[C@@H]1C=C[C@H]2[C@H](C(=O)N(C(C)(C)C)S2=O)N1N(C)C. The number of aliphatic hydroxyl groups is 1. The Morgan fingerprint density at radius 1 is 1.36 bits per heavy atom. The summed E-state index contributed by atoms with van der Waals surface area (Å²) in [6.45, 7) is 7.58. The van der Waals surface area contributed by atoms with Crippen molar-refractivity contribution >= 4 is 16.9 Å². The minimum Gasteiger partial charge on any atom is -0.391 e. The van der Waals surface area contributed by atoms with E-state index in [0.29, 0.717) is 6.42 Å². The number of fused-ring (bicyclic) bond motifs is 1. The summed E-state index contributed by atoms with van der Waals surface area (Å²) in [4.78, 5) is 12.9. The Morgan fingerprint density at radius 2 is 1.95 bits per heavy atom. The van der Waals surface area contributed by atoms with E-state index in [9.17, 15) is 14.1 Å². The van der Waals surface area contributed by atoms with Crippen LogP contribution in [-0.2, 0) is 15.8 Å². The smallest absolute Gasteiger partial charge is 0.255 e. The van der Waals surface area contributed by atoms with Crippen molar-refractivity contribution in [3.63, 3.8) is 0 Å². The van der Waals surface area contributed by atoms with Crippen LogP contribution in [0.4, 0.5) is 0 Å². The normalized spacial score (nSPS) is 34.4. The Balaban J connectivity index is 2.45. The predicted octanol–water partition coefficient (Wildman–Crippen LogP) is 0.516. The number of hydrogen-bond donors (Lipinski definition) is 1. The van der Waals surface area contributed by atoms with Crippen LogP contribution in [0, 0.1) is 0 Å². The first-order chi connectivity index (χ1) is 10.1. The number of carbonyl (C=O) groups is 1. The fourth-order valence-electron chi connectivity index (χ4n) is 3.18. The van der Waals surface area contributed by atoms with Gasteiger partial charge < -0.3 is 5.11 Å². The van der Waals surface area contributed by atoms with E-state index in [1.165, 1.54) is 4.31 Å². The van der Waals surface area contributed by atoms with E-state index in [-0.39, 0.29) is 17.2 Å². The summed E-state index contributed by atoms with van der Waals surface area (Å²) >= 11 is 0. The second kappa shape index (κ2) is 6.03. The van der Waals surface area contributed by atoms with Crippen LogP contribution in [0.5, 0.6) is 0 Å². The maximum absolute atomic E-state index is 12.9. The van der Waals surface area contributed by atoms with Crippen molar-refractivity contribution in [3.8, 4) is 0 Å². The van der Waals surface area contributed by atoms with Crippen molar-refractivity contribution in [2.45, 2.75) is 63.1 Å². The number of carbonyl (C=O) groups excluding carboxylic acids is 1. The molecule has 1 fully saturated rings. The maximum Gasteiger partial charge on any atom is 0.255 e. The van der Waals surface area contributed by atoms with Gasteiger partial charge >= 0.3 is 0 Å². The van der Waals surface area contributed by atoms with E-state index in [1.54, 1.807) is 0 Å². The Labute approximate surface area is 135 Å². The largest absolute Gasteiger partial charge is 0.391 e. The first-order valence-electron chi connectivity index (χ1n) is 7.68.